The van der Waals surface area contributed by atoms with E-state index in [2.05, 4.69) is 6.58 Å². The molecule has 1 rings (SSSR count). The summed E-state index contributed by atoms with van der Waals surface area (Å²) in [5.74, 6) is -0.348. The van der Waals surface area contributed by atoms with Crippen LogP contribution in [0.1, 0.15) is 6.42 Å². The summed E-state index contributed by atoms with van der Waals surface area (Å²) in [5.41, 5.74) is 0.430. The lowest BCUT2D eigenvalue weighted by Crippen LogP contribution is -2.15. The molecule has 13 heavy (non-hydrogen) atoms. The molecule has 0 saturated carbocycles. The molecule has 0 heterocycles. The molecule has 3 heteroatoms. The summed E-state index contributed by atoms with van der Waals surface area (Å²) in [4.78, 5) is 22.5. The molecule has 0 aliphatic heterocycles. The van der Waals surface area contributed by atoms with E-state index in [1.807, 2.05) is 0 Å². The Balaban J connectivity index is 2.95. The highest BCUT2D eigenvalue weighted by molar-refractivity contribution is 6.19. The maximum atomic E-state index is 11.4. The normalized spacial score (nSPS) is 16.4. The van der Waals surface area contributed by atoms with Crippen molar-refractivity contribution in [2.24, 2.45) is 0 Å². The first-order valence-electron chi connectivity index (χ1n) is 3.85. The summed E-state index contributed by atoms with van der Waals surface area (Å²) < 4.78 is 4.77. The Labute approximate surface area is 76.4 Å². The molecule has 0 spiro atoms. The standard InChI is InChI=1S/C10H10O3/c1-3-4-7-5-8(11)6-9(13-2)10(7)12/h3,5-6H,1,4H2,2H3. The van der Waals surface area contributed by atoms with Gasteiger partial charge in [-0.3, -0.25) is 9.59 Å². The van der Waals surface area contributed by atoms with Crippen LogP contribution in [-0.4, -0.2) is 18.7 Å². The van der Waals surface area contributed by atoms with Crippen LogP contribution < -0.4 is 0 Å². The van der Waals surface area contributed by atoms with Crippen LogP contribution in [0.2, 0.25) is 0 Å². The maximum absolute atomic E-state index is 11.4. The Hall–Kier alpha value is -1.64. The van der Waals surface area contributed by atoms with E-state index in [9.17, 15) is 9.59 Å². The third-order valence-electron chi connectivity index (χ3n) is 1.69. The second-order valence-corrected chi connectivity index (χ2v) is 2.61. The van der Waals surface area contributed by atoms with Crippen molar-refractivity contribution in [3.8, 4) is 0 Å². The van der Waals surface area contributed by atoms with Crippen LogP contribution in [0.4, 0.5) is 0 Å². The van der Waals surface area contributed by atoms with Gasteiger partial charge in [0.2, 0.25) is 5.78 Å². The van der Waals surface area contributed by atoms with E-state index >= 15 is 0 Å². The lowest BCUT2D eigenvalue weighted by Gasteiger charge is -2.10. The van der Waals surface area contributed by atoms with Crippen LogP contribution in [0.15, 0.2) is 36.1 Å². The molecule has 3 nitrogen and oxygen atoms in total. The number of Topliss-reactive ketones (excluding diaryl/α,β-unsaturated/α-hetero) is 1. The first-order chi connectivity index (χ1) is 6.19. The molecule has 68 valence electrons. The van der Waals surface area contributed by atoms with Gasteiger partial charge in [0.15, 0.2) is 11.5 Å². The number of ether oxygens (including phenoxy) is 1. The van der Waals surface area contributed by atoms with E-state index < -0.39 is 0 Å². The SMILES string of the molecule is C=CCC1=CC(=O)C=C(OC)C1=O. The molecule has 0 atom stereocenters. The summed E-state index contributed by atoms with van der Waals surface area (Å²) >= 11 is 0. The van der Waals surface area contributed by atoms with E-state index in [1.165, 1.54) is 19.3 Å². The van der Waals surface area contributed by atoms with Crippen molar-refractivity contribution < 1.29 is 14.3 Å². The smallest absolute Gasteiger partial charge is 0.224 e. The molecule has 0 bridgehead atoms. The highest BCUT2D eigenvalue weighted by Gasteiger charge is 2.20. The molecular formula is C10H10O3. The summed E-state index contributed by atoms with van der Waals surface area (Å²) in [5, 5.41) is 0. The van der Waals surface area contributed by atoms with Crippen LogP contribution in [0.3, 0.4) is 0 Å². The molecule has 0 amide bonds. The predicted octanol–water partition coefficient (Wildman–Crippen LogP) is 1.17. The van der Waals surface area contributed by atoms with E-state index in [4.69, 9.17) is 4.74 Å². The van der Waals surface area contributed by atoms with Crippen molar-refractivity contribution in [1.82, 2.24) is 0 Å². The Bertz CT molecular complexity index is 321. The molecular weight excluding hydrogens is 168 g/mol. The van der Waals surface area contributed by atoms with Crippen LogP contribution >= 0.6 is 0 Å². The number of hydrogen-bond acceptors (Lipinski definition) is 3. The second-order valence-electron chi connectivity index (χ2n) is 2.61. The minimum Gasteiger partial charge on any atom is -0.493 e. The highest BCUT2D eigenvalue weighted by Crippen LogP contribution is 2.16. The second kappa shape index (κ2) is 3.85. The van der Waals surface area contributed by atoms with Crippen LogP contribution in [0.25, 0.3) is 0 Å². The Morgan fingerprint density at radius 3 is 2.69 bits per heavy atom. The first-order valence-corrected chi connectivity index (χ1v) is 3.85. The summed E-state index contributed by atoms with van der Waals surface area (Å²) in [6.07, 6.45) is 4.47. The van der Waals surface area contributed by atoms with Gasteiger partial charge in [-0.25, -0.2) is 0 Å². The van der Waals surface area contributed by atoms with Gasteiger partial charge in [0.25, 0.3) is 0 Å². The first kappa shape index (κ1) is 9.45. The van der Waals surface area contributed by atoms with Gasteiger partial charge in [-0.2, -0.15) is 0 Å². The number of methoxy groups -OCH3 is 1. The lowest BCUT2D eigenvalue weighted by molar-refractivity contribution is -0.117. The summed E-state index contributed by atoms with van der Waals surface area (Å²) in [6.45, 7) is 3.50. The Kier molecular flexibility index (Phi) is 2.80. The monoisotopic (exact) mass is 178 g/mol. The summed E-state index contributed by atoms with van der Waals surface area (Å²) in [6, 6.07) is 0. The number of allylic oxidation sites excluding steroid dienone is 4. The van der Waals surface area contributed by atoms with Gasteiger partial charge in [-0.05, 0) is 12.5 Å². The number of ketones is 2. The number of carbonyl (C=O) groups is 2. The molecule has 0 aromatic rings. The minimum absolute atomic E-state index is 0.101. The lowest BCUT2D eigenvalue weighted by atomic mass is 9.99. The molecule has 0 radical (unpaired) electrons. The Morgan fingerprint density at radius 1 is 1.46 bits per heavy atom. The van der Waals surface area contributed by atoms with Gasteiger partial charge >= 0.3 is 0 Å². The molecule has 0 saturated heterocycles. The van der Waals surface area contributed by atoms with Gasteiger partial charge in [0, 0.05) is 11.6 Å². The van der Waals surface area contributed by atoms with Crippen molar-refractivity contribution >= 4 is 11.6 Å². The van der Waals surface area contributed by atoms with Gasteiger partial charge in [0.05, 0.1) is 7.11 Å². The van der Waals surface area contributed by atoms with E-state index in [0.717, 1.165) is 0 Å². The van der Waals surface area contributed by atoms with Gasteiger partial charge in [-0.1, -0.05) is 6.08 Å². The highest BCUT2D eigenvalue weighted by atomic mass is 16.5. The van der Waals surface area contributed by atoms with Crippen molar-refractivity contribution in [2.45, 2.75) is 6.42 Å². The average Bonchev–Trinajstić information content (AvgIpc) is 2.11. The molecule has 1 aliphatic rings. The van der Waals surface area contributed by atoms with Crippen molar-refractivity contribution in [3.63, 3.8) is 0 Å². The molecule has 0 fully saturated rings. The third kappa shape index (κ3) is 1.93. The van der Waals surface area contributed by atoms with Gasteiger partial charge in [0.1, 0.15) is 0 Å². The predicted molar refractivity (Wildman–Crippen MR) is 48.0 cm³/mol. The zero-order valence-corrected chi connectivity index (χ0v) is 7.37. The minimum atomic E-state index is -0.234. The third-order valence-corrected chi connectivity index (χ3v) is 1.69. The largest absolute Gasteiger partial charge is 0.493 e. The molecule has 1 aliphatic carbocycles. The Morgan fingerprint density at radius 2 is 2.15 bits per heavy atom. The zero-order chi connectivity index (χ0) is 9.84. The summed E-state index contributed by atoms with van der Waals surface area (Å²) in [7, 11) is 1.37. The number of hydrogen-bond donors (Lipinski definition) is 0. The maximum Gasteiger partial charge on any atom is 0.224 e. The van der Waals surface area contributed by atoms with Gasteiger partial charge < -0.3 is 4.74 Å². The quantitative estimate of drug-likeness (QED) is 0.481. The number of rotatable bonds is 3. The van der Waals surface area contributed by atoms with Crippen LogP contribution in [-0.2, 0) is 14.3 Å². The van der Waals surface area contributed by atoms with E-state index in [-0.39, 0.29) is 17.3 Å². The molecule has 0 unspecified atom stereocenters. The average molecular weight is 178 g/mol. The fourth-order valence-corrected chi connectivity index (χ4v) is 1.09. The molecule has 0 aromatic heterocycles. The van der Waals surface area contributed by atoms with Crippen LogP contribution in [0.5, 0.6) is 0 Å². The van der Waals surface area contributed by atoms with Crippen molar-refractivity contribution in [3.05, 3.63) is 36.1 Å². The molecule has 0 N–H and O–H groups in total. The molecule has 0 aromatic carbocycles. The van der Waals surface area contributed by atoms with E-state index in [1.54, 1.807) is 6.08 Å². The van der Waals surface area contributed by atoms with Gasteiger partial charge in [-0.15, -0.1) is 6.58 Å². The topological polar surface area (TPSA) is 43.4 Å². The van der Waals surface area contributed by atoms with Crippen LogP contribution in [0, 0.1) is 0 Å². The van der Waals surface area contributed by atoms with Crippen molar-refractivity contribution in [2.75, 3.05) is 7.11 Å². The van der Waals surface area contributed by atoms with Crippen molar-refractivity contribution in [1.29, 1.82) is 0 Å². The zero-order valence-electron chi connectivity index (χ0n) is 7.37. The fraction of sp³-hybridized carbons (Fsp3) is 0.200. The van der Waals surface area contributed by atoms with E-state index in [0.29, 0.717) is 12.0 Å². The fourth-order valence-electron chi connectivity index (χ4n) is 1.09. The number of carbonyl (C=O) groups excluding carboxylic acids is 2.